The largest absolute Gasteiger partial charge is 0.303 e. The molecule has 0 amide bonds. The average molecular weight is 297 g/mol. The molecule has 0 bridgehead atoms. The van der Waals surface area contributed by atoms with Gasteiger partial charge in [0.25, 0.3) is 0 Å². The van der Waals surface area contributed by atoms with E-state index in [1.165, 1.54) is 18.4 Å². The molecule has 3 rings (SSSR count). The molecule has 0 spiro atoms. The second kappa shape index (κ2) is 6.62. The molecule has 1 fully saturated rings. The van der Waals surface area contributed by atoms with Crippen LogP contribution >= 0.6 is 0 Å². The molecule has 2 aromatic carbocycles. The lowest BCUT2D eigenvalue weighted by Crippen LogP contribution is -2.25. The van der Waals surface area contributed by atoms with Crippen LogP contribution in [0.1, 0.15) is 55.0 Å². The van der Waals surface area contributed by atoms with E-state index in [9.17, 15) is 4.39 Å². The maximum absolute atomic E-state index is 13.9. The highest BCUT2D eigenvalue weighted by Crippen LogP contribution is 2.38. The Kier molecular flexibility index (Phi) is 4.58. The number of hydrogen-bond acceptors (Lipinski definition) is 1. The standard InChI is InChI=1S/C20H24FN/c1-14-8-11-18(13-19(14)21)20(12-16-9-10-16)22-15(2)17-6-4-3-5-7-17/h3-8,11,13,15-16,20,22H,9-10,12H2,1-2H3/t15-,20?/m0/s1. The summed E-state index contributed by atoms with van der Waals surface area (Å²) >= 11 is 0. The number of benzene rings is 2. The molecule has 2 aromatic rings. The van der Waals surface area contributed by atoms with Crippen LogP contribution in [-0.4, -0.2) is 0 Å². The smallest absolute Gasteiger partial charge is 0.126 e. The van der Waals surface area contributed by atoms with E-state index in [1.54, 1.807) is 6.07 Å². The van der Waals surface area contributed by atoms with Gasteiger partial charge in [-0.05, 0) is 48.9 Å². The van der Waals surface area contributed by atoms with E-state index in [4.69, 9.17) is 0 Å². The minimum absolute atomic E-state index is 0.104. The summed E-state index contributed by atoms with van der Waals surface area (Å²) in [5.41, 5.74) is 3.05. The molecule has 0 aliphatic heterocycles. The van der Waals surface area contributed by atoms with Crippen molar-refractivity contribution in [3.63, 3.8) is 0 Å². The molecule has 22 heavy (non-hydrogen) atoms. The zero-order valence-corrected chi connectivity index (χ0v) is 13.4. The van der Waals surface area contributed by atoms with Crippen molar-refractivity contribution >= 4 is 0 Å². The lowest BCUT2D eigenvalue weighted by molar-refractivity contribution is 0.423. The van der Waals surface area contributed by atoms with Crippen molar-refractivity contribution in [2.75, 3.05) is 0 Å². The number of aryl methyl sites for hydroxylation is 1. The number of hydrogen-bond donors (Lipinski definition) is 1. The summed E-state index contributed by atoms with van der Waals surface area (Å²) in [5.74, 6) is 0.692. The minimum Gasteiger partial charge on any atom is -0.303 e. The van der Waals surface area contributed by atoms with Gasteiger partial charge in [-0.15, -0.1) is 0 Å². The van der Waals surface area contributed by atoms with Gasteiger partial charge in [-0.25, -0.2) is 4.39 Å². The summed E-state index contributed by atoms with van der Waals surface area (Å²) in [7, 11) is 0. The summed E-state index contributed by atoms with van der Waals surface area (Å²) in [6.45, 7) is 3.99. The molecule has 1 N–H and O–H groups in total. The van der Waals surface area contributed by atoms with Crippen LogP contribution in [0, 0.1) is 18.7 Å². The van der Waals surface area contributed by atoms with Gasteiger partial charge in [0, 0.05) is 12.1 Å². The van der Waals surface area contributed by atoms with E-state index in [-0.39, 0.29) is 17.9 Å². The molecule has 0 aromatic heterocycles. The molecular formula is C20H24FN. The highest BCUT2D eigenvalue weighted by molar-refractivity contribution is 5.27. The molecule has 2 heteroatoms. The predicted molar refractivity (Wildman–Crippen MR) is 89.2 cm³/mol. The second-order valence-corrected chi connectivity index (χ2v) is 6.54. The Hall–Kier alpha value is -1.67. The van der Waals surface area contributed by atoms with Gasteiger partial charge in [-0.1, -0.05) is 55.3 Å². The minimum atomic E-state index is -0.104. The first-order chi connectivity index (χ1) is 10.6. The lowest BCUT2D eigenvalue weighted by atomic mass is 9.97. The van der Waals surface area contributed by atoms with Crippen LogP contribution in [0.15, 0.2) is 48.5 Å². The van der Waals surface area contributed by atoms with Crippen molar-refractivity contribution in [1.82, 2.24) is 5.32 Å². The normalized spacial score (nSPS) is 17.2. The van der Waals surface area contributed by atoms with Crippen LogP contribution in [0.5, 0.6) is 0 Å². The maximum Gasteiger partial charge on any atom is 0.126 e. The third-order valence-corrected chi connectivity index (χ3v) is 4.61. The van der Waals surface area contributed by atoms with Crippen molar-refractivity contribution in [2.24, 2.45) is 5.92 Å². The molecule has 1 saturated carbocycles. The van der Waals surface area contributed by atoms with Crippen LogP contribution < -0.4 is 5.32 Å². The van der Waals surface area contributed by atoms with Crippen molar-refractivity contribution in [3.8, 4) is 0 Å². The highest BCUT2D eigenvalue weighted by atomic mass is 19.1. The third-order valence-electron chi connectivity index (χ3n) is 4.61. The third kappa shape index (κ3) is 3.75. The first-order valence-corrected chi connectivity index (χ1v) is 8.20. The quantitative estimate of drug-likeness (QED) is 0.760. The Morgan fingerprint density at radius 3 is 2.45 bits per heavy atom. The van der Waals surface area contributed by atoms with Crippen molar-refractivity contribution in [3.05, 3.63) is 71.0 Å². The van der Waals surface area contributed by atoms with Crippen LogP contribution in [0.2, 0.25) is 0 Å². The van der Waals surface area contributed by atoms with Crippen molar-refractivity contribution in [1.29, 1.82) is 0 Å². The molecule has 1 aliphatic carbocycles. The summed E-state index contributed by atoms with van der Waals surface area (Å²) in [6, 6.07) is 16.6. The molecule has 0 radical (unpaired) electrons. The Labute approximate surface area is 132 Å². The lowest BCUT2D eigenvalue weighted by Gasteiger charge is -2.24. The van der Waals surface area contributed by atoms with E-state index >= 15 is 0 Å². The summed E-state index contributed by atoms with van der Waals surface area (Å²) in [6.07, 6.45) is 3.72. The van der Waals surface area contributed by atoms with E-state index in [2.05, 4.69) is 42.6 Å². The first-order valence-electron chi connectivity index (χ1n) is 8.20. The van der Waals surface area contributed by atoms with E-state index < -0.39 is 0 Å². The van der Waals surface area contributed by atoms with Crippen LogP contribution in [0.3, 0.4) is 0 Å². The van der Waals surface area contributed by atoms with Gasteiger partial charge in [-0.2, -0.15) is 0 Å². The highest BCUT2D eigenvalue weighted by Gasteiger charge is 2.27. The number of nitrogens with one attached hydrogen (secondary N) is 1. The van der Waals surface area contributed by atoms with Gasteiger partial charge < -0.3 is 5.32 Å². The Morgan fingerprint density at radius 2 is 1.82 bits per heavy atom. The zero-order chi connectivity index (χ0) is 15.5. The summed E-state index contributed by atoms with van der Waals surface area (Å²) in [4.78, 5) is 0. The van der Waals surface area contributed by atoms with Gasteiger partial charge >= 0.3 is 0 Å². The van der Waals surface area contributed by atoms with Gasteiger partial charge in [0.15, 0.2) is 0 Å². The van der Waals surface area contributed by atoms with Gasteiger partial charge in [-0.3, -0.25) is 0 Å². The molecular weight excluding hydrogens is 273 g/mol. The molecule has 0 saturated heterocycles. The Bertz CT molecular complexity index is 619. The fraction of sp³-hybridized carbons (Fsp3) is 0.400. The molecule has 1 nitrogen and oxygen atoms in total. The van der Waals surface area contributed by atoms with Crippen LogP contribution in [0.4, 0.5) is 4.39 Å². The van der Waals surface area contributed by atoms with Crippen molar-refractivity contribution < 1.29 is 4.39 Å². The van der Waals surface area contributed by atoms with E-state index in [1.807, 2.05) is 19.1 Å². The zero-order valence-electron chi connectivity index (χ0n) is 13.4. The first kappa shape index (κ1) is 15.2. The molecule has 0 heterocycles. The average Bonchev–Trinajstić information content (AvgIpc) is 3.34. The maximum atomic E-state index is 13.9. The summed E-state index contributed by atoms with van der Waals surface area (Å²) in [5, 5.41) is 3.70. The van der Waals surface area contributed by atoms with Crippen LogP contribution in [0.25, 0.3) is 0 Å². The number of halogens is 1. The molecule has 1 aliphatic rings. The molecule has 2 atom stereocenters. The fourth-order valence-electron chi connectivity index (χ4n) is 2.95. The molecule has 116 valence electrons. The van der Waals surface area contributed by atoms with Crippen molar-refractivity contribution in [2.45, 2.75) is 45.2 Å². The van der Waals surface area contributed by atoms with E-state index in [0.29, 0.717) is 5.56 Å². The Morgan fingerprint density at radius 1 is 1.09 bits per heavy atom. The SMILES string of the molecule is Cc1ccc(C(CC2CC2)N[C@@H](C)c2ccccc2)cc1F. The summed E-state index contributed by atoms with van der Waals surface area (Å²) < 4.78 is 13.9. The topological polar surface area (TPSA) is 12.0 Å². The predicted octanol–water partition coefficient (Wildman–Crippen LogP) is 5.33. The number of rotatable bonds is 6. The van der Waals surface area contributed by atoms with Crippen LogP contribution in [-0.2, 0) is 0 Å². The monoisotopic (exact) mass is 297 g/mol. The van der Waals surface area contributed by atoms with Gasteiger partial charge in [0.05, 0.1) is 0 Å². The second-order valence-electron chi connectivity index (χ2n) is 6.54. The Balaban J connectivity index is 1.78. The van der Waals surface area contributed by atoms with E-state index in [0.717, 1.165) is 17.9 Å². The molecule has 1 unspecified atom stereocenters. The fourth-order valence-corrected chi connectivity index (χ4v) is 2.95. The van der Waals surface area contributed by atoms with Gasteiger partial charge in [0.1, 0.15) is 5.82 Å². The van der Waals surface area contributed by atoms with Gasteiger partial charge in [0.2, 0.25) is 0 Å².